The summed E-state index contributed by atoms with van der Waals surface area (Å²) in [5, 5.41) is 4.22. The Balaban J connectivity index is 1.42. The summed E-state index contributed by atoms with van der Waals surface area (Å²) < 4.78 is 29.6. The van der Waals surface area contributed by atoms with Gasteiger partial charge < -0.3 is 10.6 Å². The lowest BCUT2D eigenvalue weighted by Gasteiger charge is -2.33. The number of nitrogens with one attached hydrogen (secondary N) is 1. The summed E-state index contributed by atoms with van der Waals surface area (Å²) in [6.45, 7) is 4.63. The third kappa shape index (κ3) is 4.80. The van der Waals surface area contributed by atoms with Crippen molar-refractivity contribution in [3.8, 4) is 0 Å². The van der Waals surface area contributed by atoms with Crippen molar-refractivity contribution in [3.05, 3.63) is 59.0 Å². The molecule has 180 valence electrons. The molecule has 0 saturated carbocycles. The van der Waals surface area contributed by atoms with Crippen molar-refractivity contribution in [2.24, 2.45) is 5.73 Å². The third-order valence-electron chi connectivity index (χ3n) is 6.21. The second kappa shape index (κ2) is 9.51. The molecule has 0 bridgehead atoms. The first-order valence-electron chi connectivity index (χ1n) is 11.2. The van der Waals surface area contributed by atoms with Gasteiger partial charge in [0, 0.05) is 36.9 Å². The Hall–Kier alpha value is -3.31. The van der Waals surface area contributed by atoms with Gasteiger partial charge >= 0.3 is 0 Å². The van der Waals surface area contributed by atoms with Gasteiger partial charge in [-0.1, -0.05) is 18.2 Å². The summed E-state index contributed by atoms with van der Waals surface area (Å²) in [6.07, 6.45) is 3.52. The number of benzene rings is 1. The lowest BCUT2D eigenvalue weighted by molar-refractivity contribution is -0.132. The summed E-state index contributed by atoms with van der Waals surface area (Å²) >= 11 is 0. The zero-order valence-corrected chi connectivity index (χ0v) is 20.0. The summed E-state index contributed by atoms with van der Waals surface area (Å²) in [5.41, 5.74) is 8.47. The number of carbonyl (C=O) groups excluding carboxylic acids is 2. The van der Waals surface area contributed by atoms with E-state index in [1.54, 1.807) is 39.7 Å². The van der Waals surface area contributed by atoms with Crippen LogP contribution in [0.2, 0.25) is 0 Å². The fourth-order valence-electron chi connectivity index (χ4n) is 4.42. The Morgan fingerprint density at radius 1 is 1.21 bits per heavy atom. The highest BCUT2D eigenvalue weighted by Gasteiger charge is 2.28. The van der Waals surface area contributed by atoms with Crippen LogP contribution in [-0.4, -0.2) is 58.9 Å². The molecule has 1 atom stereocenters. The first-order valence-corrected chi connectivity index (χ1v) is 12.6. The largest absolute Gasteiger partial charge is 0.365 e. The second-order valence-electron chi connectivity index (χ2n) is 8.53. The maximum atomic E-state index is 13.0. The van der Waals surface area contributed by atoms with Gasteiger partial charge in [0.25, 0.3) is 5.91 Å². The first-order chi connectivity index (χ1) is 16.2. The van der Waals surface area contributed by atoms with Crippen LogP contribution in [0.4, 0.5) is 0 Å². The highest BCUT2D eigenvalue weighted by atomic mass is 32.2. The van der Waals surface area contributed by atoms with Crippen LogP contribution in [0.5, 0.6) is 0 Å². The van der Waals surface area contributed by atoms with Crippen LogP contribution >= 0.6 is 0 Å². The number of fused-ring (bicyclic) bond motifs is 1. The van der Waals surface area contributed by atoms with Crippen LogP contribution in [0.3, 0.4) is 0 Å². The monoisotopic (exact) mass is 484 g/mol. The lowest BCUT2D eigenvalue weighted by atomic mass is 10.0. The van der Waals surface area contributed by atoms with Crippen molar-refractivity contribution in [1.82, 2.24) is 24.2 Å². The number of hydrogen-bond acceptors (Lipinski definition) is 6. The number of rotatable bonds is 7. The van der Waals surface area contributed by atoms with Gasteiger partial charge in [-0.3, -0.25) is 9.59 Å². The maximum Gasteiger partial charge on any atom is 0.254 e. The molecule has 10 nitrogen and oxygen atoms in total. The van der Waals surface area contributed by atoms with Gasteiger partial charge in [0.1, 0.15) is 5.56 Å². The van der Waals surface area contributed by atoms with E-state index >= 15 is 0 Å². The van der Waals surface area contributed by atoms with E-state index < -0.39 is 15.9 Å². The summed E-state index contributed by atoms with van der Waals surface area (Å²) in [5.74, 6) is -0.632. The molecule has 11 heteroatoms. The molecular formula is C23H28N6O4S. The Labute approximate surface area is 198 Å². The molecule has 1 aliphatic rings. The van der Waals surface area contributed by atoms with E-state index in [1.165, 1.54) is 6.20 Å². The maximum absolute atomic E-state index is 13.0. The predicted octanol–water partition coefficient (Wildman–Crippen LogP) is 1.35. The van der Waals surface area contributed by atoms with Gasteiger partial charge in [-0.15, -0.1) is 0 Å². The molecule has 1 aliphatic heterocycles. The molecule has 0 spiro atoms. The highest BCUT2D eigenvalue weighted by molar-refractivity contribution is 7.89. The topological polar surface area (TPSA) is 140 Å². The lowest BCUT2D eigenvalue weighted by Crippen LogP contribution is -2.49. The van der Waals surface area contributed by atoms with Crippen molar-refractivity contribution < 1.29 is 18.0 Å². The van der Waals surface area contributed by atoms with Crippen LogP contribution < -0.4 is 10.5 Å². The second-order valence-corrected chi connectivity index (χ2v) is 10.2. The van der Waals surface area contributed by atoms with Crippen LogP contribution in [0, 0.1) is 13.8 Å². The molecule has 3 heterocycles. The molecule has 3 N–H and O–H groups in total. The minimum absolute atomic E-state index is 0.0409. The number of sulfonamides is 1. The van der Waals surface area contributed by atoms with Crippen LogP contribution in [0.1, 0.15) is 46.6 Å². The van der Waals surface area contributed by atoms with E-state index in [9.17, 15) is 18.0 Å². The van der Waals surface area contributed by atoms with Gasteiger partial charge in [0.15, 0.2) is 5.65 Å². The third-order valence-corrected chi connectivity index (χ3v) is 7.75. The van der Waals surface area contributed by atoms with Crippen molar-refractivity contribution in [1.29, 1.82) is 0 Å². The molecule has 2 aromatic heterocycles. The molecule has 2 amide bonds. The molecule has 1 aromatic carbocycles. The number of aromatic nitrogens is 3. The molecule has 1 unspecified atom stereocenters. The molecule has 0 aliphatic carbocycles. The van der Waals surface area contributed by atoms with E-state index in [0.717, 1.165) is 17.7 Å². The van der Waals surface area contributed by atoms with E-state index in [0.29, 0.717) is 37.3 Å². The minimum atomic E-state index is -3.64. The normalized spacial score (nSPS) is 16.6. The van der Waals surface area contributed by atoms with E-state index in [4.69, 9.17) is 5.73 Å². The SMILES string of the molecule is Cc1nc2c(C(N)=O)cnn2c(C)c1CCC(=O)N1CCCC(NS(=O)(=O)c2ccccc2)C1. The van der Waals surface area contributed by atoms with Gasteiger partial charge in [-0.2, -0.15) is 5.10 Å². The summed E-state index contributed by atoms with van der Waals surface area (Å²) in [6, 6.07) is 7.89. The quantitative estimate of drug-likeness (QED) is 0.519. The highest BCUT2D eigenvalue weighted by Crippen LogP contribution is 2.20. The average Bonchev–Trinajstić information content (AvgIpc) is 3.23. The van der Waals surface area contributed by atoms with E-state index in [-0.39, 0.29) is 28.8 Å². The number of hydrogen-bond donors (Lipinski definition) is 2. The molecule has 34 heavy (non-hydrogen) atoms. The van der Waals surface area contributed by atoms with Gasteiger partial charge in [-0.05, 0) is 50.8 Å². The molecule has 3 aromatic rings. The van der Waals surface area contributed by atoms with Crippen molar-refractivity contribution >= 4 is 27.5 Å². The van der Waals surface area contributed by atoms with Gasteiger partial charge in [0.2, 0.25) is 15.9 Å². The van der Waals surface area contributed by atoms with Crippen molar-refractivity contribution in [2.75, 3.05) is 13.1 Å². The Morgan fingerprint density at radius 2 is 1.94 bits per heavy atom. The fraction of sp³-hybridized carbons (Fsp3) is 0.391. The zero-order valence-electron chi connectivity index (χ0n) is 19.2. The van der Waals surface area contributed by atoms with Crippen LogP contribution in [0.15, 0.2) is 41.4 Å². The molecule has 1 saturated heterocycles. The molecular weight excluding hydrogens is 456 g/mol. The summed E-state index contributed by atoms with van der Waals surface area (Å²) in [7, 11) is -3.64. The number of piperidine rings is 1. The van der Waals surface area contributed by atoms with E-state index in [2.05, 4.69) is 14.8 Å². The minimum Gasteiger partial charge on any atom is -0.365 e. The zero-order chi connectivity index (χ0) is 24.5. The molecule has 1 fully saturated rings. The smallest absolute Gasteiger partial charge is 0.254 e. The van der Waals surface area contributed by atoms with E-state index in [1.807, 2.05) is 13.8 Å². The van der Waals surface area contributed by atoms with Crippen LogP contribution in [-0.2, 0) is 21.2 Å². The molecule has 4 rings (SSSR count). The number of aryl methyl sites for hydroxylation is 2. The average molecular weight is 485 g/mol. The summed E-state index contributed by atoms with van der Waals surface area (Å²) in [4.78, 5) is 31.0. The van der Waals surface area contributed by atoms with Gasteiger partial charge in [-0.25, -0.2) is 22.6 Å². The fourth-order valence-corrected chi connectivity index (χ4v) is 5.71. The number of likely N-dealkylation sites (tertiary alicyclic amines) is 1. The molecule has 0 radical (unpaired) electrons. The number of carbonyl (C=O) groups is 2. The standard InChI is InChI=1S/C23H28N6O4S/c1-15-19(16(2)29-23(26-15)20(13-25-29)22(24)31)10-11-21(30)28-12-6-7-17(14-28)27-34(32,33)18-8-4-3-5-9-18/h3-5,8-9,13,17,27H,6-7,10-12,14H2,1-2H3,(H2,24,31). The number of nitrogens with zero attached hydrogens (tertiary/aromatic N) is 4. The predicted molar refractivity (Wildman–Crippen MR) is 126 cm³/mol. The number of amides is 2. The van der Waals surface area contributed by atoms with Gasteiger partial charge in [0.05, 0.1) is 11.1 Å². The van der Waals surface area contributed by atoms with Crippen LogP contribution in [0.25, 0.3) is 5.65 Å². The number of nitrogens with two attached hydrogens (primary N) is 1. The Kier molecular flexibility index (Phi) is 6.67. The first kappa shape index (κ1) is 23.8. The van der Waals surface area contributed by atoms with Crippen molar-refractivity contribution in [3.63, 3.8) is 0 Å². The number of primary amides is 1. The van der Waals surface area contributed by atoms with Crippen molar-refractivity contribution in [2.45, 2.75) is 50.5 Å². The Morgan fingerprint density at radius 3 is 2.65 bits per heavy atom. The Bertz CT molecular complexity index is 1340.